The highest BCUT2D eigenvalue weighted by atomic mass is 15.3. The maximum Gasteiger partial charge on any atom is 0.0654 e. The summed E-state index contributed by atoms with van der Waals surface area (Å²) >= 11 is 0. The Morgan fingerprint density at radius 3 is 2.78 bits per heavy atom. The second kappa shape index (κ2) is 5.65. The molecule has 2 rings (SSSR count). The van der Waals surface area contributed by atoms with Gasteiger partial charge in [-0.3, -0.25) is 0 Å². The van der Waals surface area contributed by atoms with Crippen LogP contribution in [-0.4, -0.2) is 23.4 Å². The van der Waals surface area contributed by atoms with Gasteiger partial charge in [0.2, 0.25) is 0 Å². The molecule has 94 valence electrons. The first-order valence-corrected chi connectivity index (χ1v) is 6.15. The molecule has 0 aliphatic heterocycles. The molecule has 1 aromatic carbocycles. The first-order valence-electron chi connectivity index (χ1n) is 6.15. The molecule has 18 heavy (non-hydrogen) atoms. The minimum Gasteiger partial charge on any atom is -0.316 e. The van der Waals surface area contributed by atoms with Crippen LogP contribution in [0.25, 0.3) is 11.8 Å². The Bertz CT molecular complexity index is 553. The van der Waals surface area contributed by atoms with Crippen LogP contribution in [0, 0.1) is 13.8 Å². The van der Waals surface area contributed by atoms with Gasteiger partial charge in [0.15, 0.2) is 0 Å². The second-order valence-corrected chi connectivity index (χ2v) is 4.39. The van der Waals surface area contributed by atoms with Gasteiger partial charge in [-0.15, -0.1) is 0 Å². The van der Waals surface area contributed by atoms with Crippen LogP contribution in [0.3, 0.4) is 0 Å². The van der Waals surface area contributed by atoms with Gasteiger partial charge in [-0.25, -0.2) is 4.68 Å². The van der Waals surface area contributed by atoms with Crippen molar-refractivity contribution in [3.63, 3.8) is 0 Å². The first-order chi connectivity index (χ1) is 8.70. The molecule has 0 bridgehead atoms. The summed E-state index contributed by atoms with van der Waals surface area (Å²) in [6, 6.07) is 10.5. The summed E-state index contributed by atoms with van der Waals surface area (Å²) in [6.07, 6.45) is 4.23. The number of hydrogen-bond acceptors (Lipinski definition) is 2. The zero-order chi connectivity index (χ0) is 13.0. The number of benzene rings is 1. The van der Waals surface area contributed by atoms with Gasteiger partial charge in [-0.2, -0.15) is 5.10 Å². The van der Waals surface area contributed by atoms with Crippen LogP contribution in [0.5, 0.6) is 0 Å². The zero-order valence-corrected chi connectivity index (χ0v) is 11.1. The summed E-state index contributed by atoms with van der Waals surface area (Å²) in [5.74, 6) is 0. The third kappa shape index (κ3) is 2.87. The molecule has 3 nitrogen and oxygen atoms in total. The van der Waals surface area contributed by atoms with Crippen molar-refractivity contribution in [1.82, 2.24) is 15.1 Å². The number of likely N-dealkylation sites (N-methyl/N-ethyl adjacent to an activating group) is 1. The average molecular weight is 241 g/mol. The van der Waals surface area contributed by atoms with Gasteiger partial charge in [0, 0.05) is 12.2 Å². The molecule has 1 aromatic heterocycles. The van der Waals surface area contributed by atoms with Crippen molar-refractivity contribution in [3.8, 4) is 5.69 Å². The van der Waals surface area contributed by atoms with Crippen LogP contribution in [0.1, 0.15) is 17.0 Å². The number of nitrogens with one attached hydrogen (secondary N) is 1. The van der Waals surface area contributed by atoms with E-state index in [9.17, 15) is 0 Å². The van der Waals surface area contributed by atoms with Crippen molar-refractivity contribution in [1.29, 1.82) is 0 Å². The molecule has 0 saturated carbocycles. The molecule has 0 amide bonds. The number of rotatable bonds is 4. The SMILES string of the molecule is CNCC=Cc1cccc(-n2nc(C)cc2C)c1. The van der Waals surface area contributed by atoms with E-state index in [1.54, 1.807) is 0 Å². The largest absolute Gasteiger partial charge is 0.316 e. The van der Waals surface area contributed by atoms with Crippen molar-refractivity contribution in [2.75, 3.05) is 13.6 Å². The predicted molar refractivity (Wildman–Crippen MR) is 76.0 cm³/mol. The topological polar surface area (TPSA) is 29.9 Å². The standard InChI is InChI=1S/C15H19N3/c1-12-10-13(2)18(17-12)15-8-4-6-14(11-15)7-5-9-16-3/h4-8,10-11,16H,9H2,1-3H3. The third-order valence-electron chi connectivity index (χ3n) is 2.76. The van der Waals surface area contributed by atoms with E-state index in [-0.39, 0.29) is 0 Å². The lowest BCUT2D eigenvalue weighted by atomic mass is 10.2. The highest BCUT2D eigenvalue weighted by Crippen LogP contribution is 2.14. The molecule has 0 atom stereocenters. The van der Waals surface area contributed by atoms with E-state index in [1.165, 1.54) is 5.56 Å². The zero-order valence-electron chi connectivity index (χ0n) is 11.1. The van der Waals surface area contributed by atoms with Gasteiger partial charge in [-0.1, -0.05) is 24.3 Å². The van der Waals surface area contributed by atoms with Gasteiger partial charge >= 0.3 is 0 Å². The number of aromatic nitrogens is 2. The maximum atomic E-state index is 4.50. The summed E-state index contributed by atoms with van der Waals surface area (Å²) in [5, 5.41) is 7.59. The second-order valence-electron chi connectivity index (χ2n) is 4.39. The predicted octanol–water partition coefficient (Wildman–Crippen LogP) is 2.72. The van der Waals surface area contributed by atoms with E-state index < -0.39 is 0 Å². The molecular formula is C15H19N3. The fraction of sp³-hybridized carbons (Fsp3) is 0.267. The van der Waals surface area contributed by atoms with E-state index in [0.29, 0.717) is 0 Å². The van der Waals surface area contributed by atoms with Crippen LogP contribution in [0.15, 0.2) is 36.4 Å². The molecule has 1 N–H and O–H groups in total. The number of aryl methyl sites for hydroxylation is 2. The van der Waals surface area contributed by atoms with E-state index >= 15 is 0 Å². The Morgan fingerprint density at radius 1 is 1.28 bits per heavy atom. The minimum absolute atomic E-state index is 0.879. The van der Waals surface area contributed by atoms with Crippen LogP contribution < -0.4 is 5.32 Å². The molecule has 0 aliphatic carbocycles. The molecule has 3 heteroatoms. The van der Waals surface area contributed by atoms with Crippen LogP contribution in [-0.2, 0) is 0 Å². The summed E-state index contributed by atoms with van der Waals surface area (Å²) in [7, 11) is 1.94. The molecule has 0 radical (unpaired) electrons. The monoisotopic (exact) mass is 241 g/mol. The molecule has 1 heterocycles. The van der Waals surface area contributed by atoms with E-state index in [2.05, 4.69) is 59.8 Å². The third-order valence-corrected chi connectivity index (χ3v) is 2.76. The minimum atomic E-state index is 0.879. The molecule has 0 unspecified atom stereocenters. The summed E-state index contributed by atoms with van der Waals surface area (Å²) in [5.41, 5.74) is 4.50. The van der Waals surface area contributed by atoms with Crippen molar-refractivity contribution < 1.29 is 0 Å². The lowest BCUT2D eigenvalue weighted by molar-refractivity contribution is 0.833. The van der Waals surface area contributed by atoms with Crippen LogP contribution in [0.4, 0.5) is 0 Å². The van der Waals surface area contributed by atoms with E-state index in [4.69, 9.17) is 0 Å². The fourth-order valence-electron chi connectivity index (χ4n) is 1.96. The van der Waals surface area contributed by atoms with Crippen molar-refractivity contribution >= 4 is 6.08 Å². The molecule has 0 spiro atoms. The quantitative estimate of drug-likeness (QED) is 0.892. The van der Waals surface area contributed by atoms with Gasteiger partial charge < -0.3 is 5.32 Å². The van der Waals surface area contributed by atoms with Gasteiger partial charge in [-0.05, 0) is 44.7 Å². The number of nitrogens with zero attached hydrogens (tertiary/aromatic N) is 2. The Balaban J connectivity index is 2.29. The van der Waals surface area contributed by atoms with Crippen LogP contribution >= 0.6 is 0 Å². The molecule has 0 aliphatic rings. The Labute approximate surface area is 108 Å². The first kappa shape index (κ1) is 12.6. The molecule has 2 aromatic rings. The smallest absolute Gasteiger partial charge is 0.0654 e. The number of hydrogen-bond donors (Lipinski definition) is 1. The normalized spacial score (nSPS) is 11.3. The lowest BCUT2D eigenvalue weighted by Crippen LogP contribution is -2.03. The van der Waals surface area contributed by atoms with E-state index in [0.717, 1.165) is 23.6 Å². The fourth-order valence-corrected chi connectivity index (χ4v) is 1.96. The summed E-state index contributed by atoms with van der Waals surface area (Å²) in [4.78, 5) is 0. The Hall–Kier alpha value is -1.87. The highest BCUT2D eigenvalue weighted by molar-refractivity contribution is 5.53. The molecular weight excluding hydrogens is 222 g/mol. The average Bonchev–Trinajstić information content (AvgIpc) is 2.69. The van der Waals surface area contributed by atoms with Crippen molar-refractivity contribution in [2.24, 2.45) is 0 Å². The Morgan fingerprint density at radius 2 is 2.11 bits per heavy atom. The molecule has 0 saturated heterocycles. The van der Waals surface area contributed by atoms with Gasteiger partial charge in [0.05, 0.1) is 11.4 Å². The van der Waals surface area contributed by atoms with Crippen LogP contribution in [0.2, 0.25) is 0 Å². The highest BCUT2D eigenvalue weighted by Gasteiger charge is 2.03. The lowest BCUT2D eigenvalue weighted by Gasteiger charge is -2.05. The van der Waals surface area contributed by atoms with Crippen molar-refractivity contribution in [3.05, 3.63) is 53.4 Å². The Kier molecular flexibility index (Phi) is 3.95. The van der Waals surface area contributed by atoms with Gasteiger partial charge in [0.1, 0.15) is 0 Å². The van der Waals surface area contributed by atoms with Crippen molar-refractivity contribution in [2.45, 2.75) is 13.8 Å². The summed E-state index contributed by atoms with van der Waals surface area (Å²) < 4.78 is 1.98. The summed E-state index contributed by atoms with van der Waals surface area (Å²) in [6.45, 7) is 4.97. The van der Waals surface area contributed by atoms with Gasteiger partial charge in [0.25, 0.3) is 0 Å². The maximum absolute atomic E-state index is 4.50. The van der Waals surface area contributed by atoms with E-state index in [1.807, 2.05) is 18.7 Å². The molecule has 0 fully saturated rings.